The van der Waals surface area contributed by atoms with Crippen LogP contribution in [0.5, 0.6) is 11.5 Å². The summed E-state index contributed by atoms with van der Waals surface area (Å²) >= 11 is 0. The smallest absolute Gasteiger partial charge is 0.330 e. The predicted molar refractivity (Wildman–Crippen MR) is 183 cm³/mol. The van der Waals surface area contributed by atoms with Gasteiger partial charge in [0.1, 0.15) is 29.7 Å². The lowest BCUT2D eigenvalue weighted by Crippen LogP contribution is -2.40. The fourth-order valence-corrected chi connectivity index (χ4v) is 7.75. The van der Waals surface area contributed by atoms with E-state index in [0.717, 1.165) is 58.5 Å². The van der Waals surface area contributed by atoms with Crippen LogP contribution < -0.4 is 26.5 Å². The molecule has 4 N–H and O–H groups in total. The molecule has 5 aromatic rings. The van der Waals surface area contributed by atoms with Crippen molar-refractivity contribution < 1.29 is 34.1 Å². The van der Waals surface area contributed by atoms with E-state index in [2.05, 4.69) is 10.6 Å². The van der Waals surface area contributed by atoms with Crippen LogP contribution >= 0.6 is 0 Å². The van der Waals surface area contributed by atoms with E-state index < -0.39 is 64.8 Å². The minimum Gasteiger partial charge on any atom is -0.505 e. The normalized spacial score (nSPS) is 13.4. The molecule has 0 radical (unpaired) electrons. The average molecular weight is 697 g/mol. The van der Waals surface area contributed by atoms with Crippen LogP contribution in [-0.2, 0) is 48.9 Å². The second kappa shape index (κ2) is 12.6. The molecule has 51 heavy (non-hydrogen) atoms. The number of aromatic hydroxyl groups is 1. The molecule has 2 aliphatic carbocycles. The number of esters is 1. The number of aromatic nitrogens is 4. The Morgan fingerprint density at radius 1 is 0.765 bits per heavy atom. The number of hydrogen-bond donors (Lipinski definition) is 4. The fraction of sp³-hybridized carbons (Fsp3) is 0.333. The summed E-state index contributed by atoms with van der Waals surface area (Å²) in [7, 11) is 1.45. The molecule has 4 heterocycles. The van der Waals surface area contributed by atoms with Crippen molar-refractivity contribution >= 4 is 34.8 Å². The van der Waals surface area contributed by atoms with Gasteiger partial charge in [-0.05, 0) is 80.2 Å². The van der Waals surface area contributed by atoms with Gasteiger partial charge >= 0.3 is 11.9 Å². The van der Waals surface area contributed by atoms with Gasteiger partial charge in [-0.2, -0.15) is 0 Å². The average Bonchev–Trinajstić information content (AvgIpc) is 3.88. The van der Waals surface area contributed by atoms with Crippen LogP contribution in [0.4, 0.5) is 0 Å². The monoisotopic (exact) mass is 696 g/mol. The zero-order valence-corrected chi connectivity index (χ0v) is 28.3. The number of benzene rings is 1. The molecule has 0 aliphatic heterocycles. The van der Waals surface area contributed by atoms with E-state index in [1.807, 2.05) is 44.2 Å². The highest BCUT2D eigenvalue weighted by molar-refractivity contribution is 6.03. The molecule has 0 unspecified atom stereocenters. The first-order chi connectivity index (χ1) is 24.4. The molecule has 1 aromatic carbocycles. The van der Waals surface area contributed by atoms with E-state index in [9.17, 15) is 33.9 Å². The van der Waals surface area contributed by atoms with Gasteiger partial charge in [-0.3, -0.25) is 33.0 Å². The van der Waals surface area contributed by atoms with Gasteiger partial charge in [0.05, 0.1) is 6.54 Å². The molecule has 2 amide bonds. The molecule has 0 bridgehead atoms. The Hall–Kier alpha value is -6.12. The molecule has 264 valence electrons. The Morgan fingerprint density at radius 3 is 1.98 bits per heavy atom. The highest BCUT2D eigenvalue weighted by atomic mass is 16.5. The van der Waals surface area contributed by atoms with Crippen molar-refractivity contribution in [3.63, 3.8) is 0 Å². The van der Waals surface area contributed by atoms with Crippen molar-refractivity contribution in [2.24, 2.45) is 7.05 Å². The van der Waals surface area contributed by atoms with E-state index in [1.165, 1.54) is 16.4 Å². The van der Waals surface area contributed by atoms with E-state index >= 15 is 0 Å². The van der Waals surface area contributed by atoms with Crippen LogP contribution in [0.2, 0.25) is 0 Å². The first-order valence-corrected chi connectivity index (χ1v) is 16.7. The molecular weight excluding hydrogens is 660 g/mol. The molecule has 15 nitrogen and oxygen atoms in total. The molecular formula is C36H36N6O9. The Bertz CT molecular complexity index is 2450. The molecule has 4 aromatic heterocycles. The summed E-state index contributed by atoms with van der Waals surface area (Å²) in [5.74, 6) is -5.33. The van der Waals surface area contributed by atoms with Crippen molar-refractivity contribution in [3.05, 3.63) is 101 Å². The highest BCUT2D eigenvalue weighted by Crippen LogP contribution is 2.38. The maximum Gasteiger partial charge on any atom is 0.330 e. The van der Waals surface area contributed by atoms with Crippen LogP contribution in [-0.4, -0.2) is 65.4 Å². The molecule has 0 spiro atoms. The third-order valence-electron chi connectivity index (χ3n) is 9.98. The maximum absolute atomic E-state index is 14.0. The molecule has 15 heteroatoms. The van der Waals surface area contributed by atoms with Gasteiger partial charge in [0, 0.05) is 18.4 Å². The molecule has 0 atom stereocenters. The number of amides is 2. The summed E-state index contributed by atoms with van der Waals surface area (Å²) < 4.78 is 11.5. The molecule has 2 aliphatic rings. The lowest BCUT2D eigenvalue weighted by molar-refractivity contribution is -0.136. The topological polar surface area (TPSA) is 195 Å². The number of carboxylic acid groups (broad SMARTS) is 1. The third kappa shape index (κ3) is 5.36. The summed E-state index contributed by atoms with van der Waals surface area (Å²) in [6.45, 7) is 2.22. The predicted octanol–water partition coefficient (Wildman–Crippen LogP) is 1.55. The van der Waals surface area contributed by atoms with Crippen molar-refractivity contribution in [2.45, 2.75) is 58.9 Å². The first kappa shape index (κ1) is 33.4. The Morgan fingerprint density at radius 2 is 1.33 bits per heavy atom. The molecule has 7 rings (SSSR count). The second-order valence-electron chi connectivity index (χ2n) is 13.0. The Balaban J connectivity index is 1.25. The number of nitrogens with zero attached hydrogens (tertiary/aromatic N) is 4. The van der Waals surface area contributed by atoms with Crippen molar-refractivity contribution in [1.29, 1.82) is 0 Å². The van der Waals surface area contributed by atoms with Crippen LogP contribution in [0.25, 0.3) is 11.0 Å². The second-order valence-corrected chi connectivity index (χ2v) is 13.0. The van der Waals surface area contributed by atoms with Gasteiger partial charge < -0.3 is 25.6 Å². The van der Waals surface area contributed by atoms with Crippen LogP contribution in [0.3, 0.4) is 0 Å². The van der Waals surface area contributed by atoms with E-state index in [-0.39, 0.29) is 12.3 Å². The van der Waals surface area contributed by atoms with Crippen molar-refractivity contribution in [1.82, 2.24) is 29.0 Å². The number of carbonyl (C=O) groups excluding carboxylic acids is 3. The highest BCUT2D eigenvalue weighted by Gasteiger charge is 2.33. The molecule has 0 fully saturated rings. The number of aryl methyl sites for hydroxylation is 5. The summed E-state index contributed by atoms with van der Waals surface area (Å²) in [5, 5.41) is 25.2. The largest absolute Gasteiger partial charge is 0.505 e. The number of aliphatic carboxylic acids is 1. The van der Waals surface area contributed by atoms with Crippen LogP contribution in [0.15, 0.2) is 39.9 Å². The number of ether oxygens (including phenoxy) is 1. The summed E-state index contributed by atoms with van der Waals surface area (Å²) in [5.41, 5.74) is 3.90. The number of hydrogen-bond acceptors (Lipinski definition) is 8. The maximum atomic E-state index is 14.0. The lowest BCUT2D eigenvalue weighted by Gasteiger charge is -2.17. The zero-order valence-electron chi connectivity index (χ0n) is 28.3. The summed E-state index contributed by atoms with van der Waals surface area (Å²) in [4.78, 5) is 79.1. The van der Waals surface area contributed by atoms with Crippen LogP contribution in [0.1, 0.15) is 72.8 Å². The quantitative estimate of drug-likeness (QED) is 0.165. The third-order valence-corrected chi connectivity index (χ3v) is 9.98. The van der Waals surface area contributed by atoms with E-state index in [4.69, 9.17) is 9.84 Å². The standard InChI is InChI=1S/C36H36N6O9/c1-18-21-11-8-14-24(21)30-32(28(34(48)37-15-25(43)44)35(49)39(3)41(18)30)51-26(45)16-38-33(47)27-31(46)29-23-13-7-12-22(23)19(2)42(29)40(36(27)50)17-20-9-5-4-6-10-20/h4-6,9-10,46H,7-8,11-17H2,1-3H3,(H,37,48)(H,38,47)(H,43,44). The molecule has 0 saturated carbocycles. The summed E-state index contributed by atoms with van der Waals surface area (Å²) in [6.07, 6.45) is 4.39. The summed E-state index contributed by atoms with van der Waals surface area (Å²) in [6, 6.07) is 9.21. The number of rotatable bonds is 9. The van der Waals surface area contributed by atoms with E-state index in [1.54, 1.807) is 9.03 Å². The van der Waals surface area contributed by atoms with Gasteiger partial charge in [0.25, 0.3) is 22.9 Å². The van der Waals surface area contributed by atoms with Gasteiger partial charge in [0.2, 0.25) is 0 Å². The fourth-order valence-electron chi connectivity index (χ4n) is 7.75. The van der Waals surface area contributed by atoms with E-state index in [0.29, 0.717) is 30.3 Å². The van der Waals surface area contributed by atoms with Gasteiger partial charge in [-0.15, -0.1) is 0 Å². The van der Waals surface area contributed by atoms with Crippen LogP contribution in [0, 0.1) is 13.8 Å². The Kier molecular flexibility index (Phi) is 8.28. The van der Waals surface area contributed by atoms with Gasteiger partial charge in [0.15, 0.2) is 17.1 Å². The van der Waals surface area contributed by atoms with Gasteiger partial charge in [-0.25, -0.2) is 14.2 Å². The zero-order chi connectivity index (χ0) is 36.3. The number of carbonyl (C=O) groups is 4. The van der Waals surface area contributed by atoms with Crippen molar-refractivity contribution in [3.8, 4) is 11.5 Å². The SMILES string of the molecule is Cc1c2c(c3c(OC(=O)CNC(=O)c4c(O)c5c6c(c(C)n5n(Cc5ccccc5)c4=O)CCC6)c(C(=O)NCC(=O)O)c(=O)n(C)n13)CCC2. The van der Waals surface area contributed by atoms with Gasteiger partial charge in [-0.1, -0.05) is 30.3 Å². The lowest BCUT2D eigenvalue weighted by atomic mass is 10.1. The number of nitrogens with one attached hydrogen (secondary N) is 2. The first-order valence-electron chi connectivity index (χ1n) is 16.7. The Labute approximate surface area is 289 Å². The number of fused-ring (bicyclic) bond motifs is 6. The minimum absolute atomic E-state index is 0.111. The minimum atomic E-state index is -1.34. The molecule has 0 saturated heterocycles. The van der Waals surface area contributed by atoms with Crippen molar-refractivity contribution in [2.75, 3.05) is 13.1 Å². The number of carboxylic acids is 1.